The van der Waals surface area contributed by atoms with Crippen LogP contribution in [-0.4, -0.2) is 53.0 Å². The van der Waals surface area contributed by atoms with Crippen LogP contribution in [-0.2, 0) is 28.9 Å². The van der Waals surface area contributed by atoms with E-state index in [1.54, 1.807) is 7.11 Å². The number of carbonyl (C=O) groups is 3. The van der Waals surface area contributed by atoms with Crippen LogP contribution in [0.25, 0.3) is 0 Å². The Bertz CT molecular complexity index is 1030. The highest BCUT2D eigenvalue weighted by Crippen LogP contribution is 2.33. The van der Waals surface area contributed by atoms with Crippen molar-refractivity contribution in [3.05, 3.63) is 58.4 Å². The van der Waals surface area contributed by atoms with Crippen LogP contribution in [0.15, 0.2) is 30.3 Å². The van der Waals surface area contributed by atoms with Crippen LogP contribution in [0.2, 0.25) is 0 Å². The molecule has 1 spiro atoms. The van der Waals surface area contributed by atoms with Crippen molar-refractivity contribution >= 4 is 17.7 Å². The van der Waals surface area contributed by atoms with Gasteiger partial charge in [0, 0.05) is 37.0 Å². The molecule has 2 aromatic rings. The molecule has 7 heteroatoms. The van der Waals surface area contributed by atoms with Gasteiger partial charge in [-0.05, 0) is 43.9 Å². The summed E-state index contributed by atoms with van der Waals surface area (Å²) in [6, 6.07) is 9.32. The Labute approximate surface area is 176 Å². The number of methoxy groups -OCH3 is 1. The summed E-state index contributed by atoms with van der Waals surface area (Å²) in [5.74, 6) is -0.535. The summed E-state index contributed by atoms with van der Waals surface area (Å²) in [6.45, 7) is 4.75. The number of ketones is 1. The summed E-state index contributed by atoms with van der Waals surface area (Å²) in [5, 5.41) is 2.89. The number of ether oxygens (including phenoxy) is 1. The molecule has 1 aromatic heterocycles. The third-order valence-corrected chi connectivity index (χ3v) is 6.37. The average molecular weight is 409 g/mol. The number of hydrogen-bond donors (Lipinski definition) is 1. The molecular weight excluding hydrogens is 382 g/mol. The number of carbonyl (C=O) groups excluding carboxylic acids is 3. The molecule has 1 fully saturated rings. The highest BCUT2D eigenvalue weighted by Gasteiger charge is 2.52. The Balaban J connectivity index is 1.53. The van der Waals surface area contributed by atoms with E-state index in [-0.39, 0.29) is 18.2 Å². The SMILES string of the molecule is COCCn1c(C)cc(C(=O)CN2C(=O)NC3(CCc4ccccc4C3)C2=O)c1C. The van der Waals surface area contributed by atoms with Gasteiger partial charge in [0.25, 0.3) is 5.91 Å². The number of aryl methyl sites for hydroxylation is 2. The third-order valence-electron chi connectivity index (χ3n) is 6.37. The standard InChI is InChI=1S/C23H27N3O4/c1-15-12-19(16(2)25(15)10-11-30-3)20(27)14-26-21(28)23(24-22(26)29)9-8-17-6-4-5-7-18(17)13-23/h4-7,12H,8-11,13-14H2,1-3H3,(H,24,29). The fourth-order valence-electron chi connectivity index (χ4n) is 4.68. The molecule has 1 aliphatic carbocycles. The smallest absolute Gasteiger partial charge is 0.325 e. The van der Waals surface area contributed by atoms with Crippen molar-refractivity contribution < 1.29 is 19.1 Å². The molecule has 1 saturated heterocycles. The number of imide groups is 1. The fourth-order valence-corrected chi connectivity index (χ4v) is 4.68. The predicted molar refractivity (Wildman–Crippen MR) is 112 cm³/mol. The number of fused-ring (bicyclic) bond motifs is 1. The molecule has 1 N–H and O–H groups in total. The molecule has 0 bridgehead atoms. The van der Waals surface area contributed by atoms with Crippen molar-refractivity contribution in [1.29, 1.82) is 0 Å². The lowest BCUT2D eigenvalue weighted by Gasteiger charge is -2.32. The summed E-state index contributed by atoms with van der Waals surface area (Å²) >= 11 is 0. The van der Waals surface area contributed by atoms with Crippen molar-refractivity contribution in [2.75, 3.05) is 20.3 Å². The number of hydrogen-bond acceptors (Lipinski definition) is 4. The van der Waals surface area contributed by atoms with Gasteiger partial charge in [0.1, 0.15) is 5.54 Å². The zero-order chi connectivity index (χ0) is 21.5. The topological polar surface area (TPSA) is 80.6 Å². The monoisotopic (exact) mass is 409 g/mol. The molecule has 2 heterocycles. The largest absolute Gasteiger partial charge is 0.383 e. The summed E-state index contributed by atoms with van der Waals surface area (Å²) in [7, 11) is 1.64. The average Bonchev–Trinajstić information content (AvgIpc) is 3.14. The van der Waals surface area contributed by atoms with Crippen LogP contribution < -0.4 is 5.32 Å². The maximum atomic E-state index is 13.2. The van der Waals surface area contributed by atoms with Gasteiger partial charge in [-0.25, -0.2) is 4.79 Å². The maximum absolute atomic E-state index is 13.2. The van der Waals surface area contributed by atoms with Crippen molar-refractivity contribution in [1.82, 2.24) is 14.8 Å². The zero-order valence-electron chi connectivity index (χ0n) is 17.7. The Morgan fingerprint density at radius 2 is 1.93 bits per heavy atom. The molecule has 0 radical (unpaired) electrons. The van der Waals surface area contributed by atoms with Crippen LogP contribution in [0.5, 0.6) is 0 Å². The lowest BCUT2D eigenvalue weighted by Crippen LogP contribution is -2.51. The minimum Gasteiger partial charge on any atom is -0.383 e. The van der Waals surface area contributed by atoms with E-state index in [1.807, 2.05) is 42.7 Å². The van der Waals surface area contributed by atoms with Crippen LogP contribution in [0, 0.1) is 13.8 Å². The van der Waals surface area contributed by atoms with Gasteiger partial charge in [-0.15, -0.1) is 0 Å². The molecule has 30 heavy (non-hydrogen) atoms. The third kappa shape index (κ3) is 3.33. The number of urea groups is 1. The molecule has 2 aliphatic rings. The lowest BCUT2D eigenvalue weighted by atomic mass is 9.78. The molecule has 7 nitrogen and oxygen atoms in total. The predicted octanol–water partition coefficient (Wildman–Crippen LogP) is 2.41. The number of amides is 3. The van der Waals surface area contributed by atoms with E-state index in [0.717, 1.165) is 28.3 Å². The lowest BCUT2D eigenvalue weighted by molar-refractivity contribution is -0.131. The van der Waals surface area contributed by atoms with Crippen molar-refractivity contribution in [3.63, 3.8) is 0 Å². The van der Waals surface area contributed by atoms with Gasteiger partial charge >= 0.3 is 6.03 Å². The van der Waals surface area contributed by atoms with E-state index >= 15 is 0 Å². The van der Waals surface area contributed by atoms with Gasteiger partial charge in [-0.1, -0.05) is 24.3 Å². The van der Waals surface area contributed by atoms with Gasteiger partial charge in [-0.2, -0.15) is 0 Å². The van der Waals surface area contributed by atoms with Gasteiger partial charge in [0.15, 0.2) is 5.78 Å². The molecule has 158 valence electrons. The van der Waals surface area contributed by atoms with Gasteiger partial charge in [-0.3, -0.25) is 14.5 Å². The highest BCUT2D eigenvalue weighted by atomic mass is 16.5. The number of Topliss-reactive ketones (excluding diaryl/α,β-unsaturated/α-hetero) is 1. The first-order valence-corrected chi connectivity index (χ1v) is 10.3. The molecule has 1 aliphatic heterocycles. The zero-order valence-corrected chi connectivity index (χ0v) is 17.7. The molecule has 0 saturated carbocycles. The van der Waals surface area contributed by atoms with E-state index in [0.29, 0.717) is 31.6 Å². The second-order valence-electron chi connectivity index (χ2n) is 8.20. The molecule has 1 aromatic carbocycles. The fraction of sp³-hybridized carbons (Fsp3) is 0.435. The van der Waals surface area contributed by atoms with E-state index in [2.05, 4.69) is 11.4 Å². The molecule has 3 amide bonds. The quantitative estimate of drug-likeness (QED) is 0.587. The number of rotatable bonds is 6. The second-order valence-corrected chi connectivity index (χ2v) is 8.20. The molecular formula is C23H27N3O4. The Morgan fingerprint density at radius 3 is 2.67 bits per heavy atom. The number of aromatic nitrogens is 1. The van der Waals surface area contributed by atoms with E-state index in [4.69, 9.17) is 4.74 Å². The number of nitrogens with one attached hydrogen (secondary N) is 1. The Hall–Kier alpha value is -2.93. The Kier molecular flexibility index (Phi) is 5.24. The summed E-state index contributed by atoms with van der Waals surface area (Å²) in [5.41, 5.74) is 3.66. The van der Waals surface area contributed by atoms with E-state index in [9.17, 15) is 14.4 Å². The molecule has 1 unspecified atom stereocenters. The molecule has 1 atom stereocenters. The first-order valence-electron chi connectivity index (χ1n) is 10.3. The first-order chi connectivity index (χ1) is 14.4. The van der Waals surface area contributed by atoms with Crippen molar-refractivity contribution in [2.45, 2.75) is 45.2 Å². The van der Waals surface area contributed by atoms with E-state index < -0.39 is 11.6 Å². The Morgan fingerprint density at radius 1 is 1.20 bits per heavy atom. The van der Waals surface area contributed by atoms with Crippen LogP contribution in [0.3, 0.4) is 0 Å². The van der Waals surface area contributed by atoms with Crippen LogP contribution >= 0.6 is 0 Å². The second kappa shape index (κ2) is 7.72. The number of nitrogens with zero attached hydrogens (tertiary/aromatic N) is 2. The highest BCUT2D eigenvalue weighted by molar-refractivity contribution is 6.11. The van der Waals surface area contributed by atoms with Gasteiger partial charge in [0.2, 0.25) is 0 Å². The van der Waals surface area contributed by atoms with Crippen molar-refractivity contribution in [3.8, 4) is 0 Å². The van der Waals surface area contributed by atoms with Crippen molar-refractivity contribution in [2.24, 2.45) is 0 Å². The minimum atomic E-state index is -0.943. The summed E-state index contributed by atoms with van der Waals surface area (Å²) < 4.78 is 7.15. The van der Waals surface area contributed by atoms with Crippen LogP contribution in [0.4, 0.5) is 4.79 Å². The maximum Gasteiger partial charge on any atom is 0.325 e. The minimum absolute atomic E-state index is 0.233. The normalized spacial score (nSPS) is 20.6. The summed E-state index contributed by atoms with van der Waals surface area (Å²) in [4.78, 5) is 40.0. The first kappa shape index (κ1) is 20.3. The number of benzene rings is 1. The van der Waals surface area contributed by atoms with E-state index in [1.165, 1.54) is 5.56 Å². The van der Waals surface area contributed by atoms with Crippen LogP contribution in [0.1, 0.15) is 39.3 Å². The van der Waals surface area contributed by atoms with Gasteiger partial charge in [0.05, 0.1) is 13.2 Å². The molecule has 4 rings (SSSR count). The summed E-state index contributed by atoms with van der Waals surface area (Å²) in [6.07, 6.45) is 1.74. The van der Waals surface area contributed by atoms with Gasteiger partial charge < -0.3 is 14.6 Å².